The Morgan fingerprint density at radius 1 is 1.11 bits per heavy atom. The van der Waals surface area contributed by atoms with Crippen molar-refractivity contribution in [1.82, 2.24) is 14.7 Å². The molecule has 0 amide bonds. The number of nitrogens with two attached hydrogens (primary N) is 1. The Morgan fingerprint density at radius 3 is 2.63 bits per heavy atom. The average Bonchev–Trinajstić information content (AvgIpc) is 2.63. The molecule has 0 radical (unpaired) electrons. The van der Waals surface area contributed by atoms with Gasteiger partial charge in [-0.15, -0.1) is 0 Å². The molecule has 2 bridgehead atoms. The molecule has 0 aromatic carbocycles. The Labute approximate surface area is 117 Å². The van der Waals surface area contributed by atoms with Crippen LogP contribution in [0.1, 0.15) is 32.1 Å². The fraction of sp³-hybridized carbons (Fsp3) is 1.00. The van der Waals surface area contributed by atoms with Crippen LogP contribution in [0.4, 0.5) is 0 Å². The topological polar surface area (TPSA) is 35.7 Å². The van der Waals surface area contributed by atoms with Crippen molar-refractivity contribution in [3.05, 3.63) is 0 Å². The van der Waals surface area contributed by atoms with E-state index in [9.17, 15) is 0 Å². The second-order valence-corrected chi connectivity index (χ2v) is 7.05. The summed E-state index contributed by atoms with van der Waals surface area (Å²) in [6.07, 6.45) is 6.71. The molecule has 3 unspecified atom stereocenters. The number of hydrogen-bond donors (Lipinski definition) is 1. The number of hydrogen-bond acceptors (Lipinski definition) is 4. The van der Waals surface area contributed by atoms with E-state index in [2.05, 4.69) is 28.8 Å². The number of piperidine rings is 1. The molecule has 0 aromatic rings. The van der Waals surface area contributed by atoms with Gasteiger partial charge in [0, 0.05) is 43.8 Å². The molecule has 4 nitrogen and oxygen atoms in total. The molecule has 3 fully saturated rings. The first-order valence-electron chi connectivity index (χ1n) is 8.00. The van der Waals surface area contributed by atoms with Gasteiger partial charge in [0.1, 0.15) is 0 Å². The summed E-state index contributed by atoms with van der Waals surface area (Å²) in [5, 5.41) is 0. The van der Waals surface area contributed by atoms with Gasteiger partial charge >= 0.3 is 0 Å². The lowest BCUT2D eigenvalue weighted by Crippen LogP contribution is -2.63. The van der Waals surface area contributed by atoms with Gasteiger partial charge in [-0.1, -0.05) is 0 Å². The summed E-state index contributed by atoms with van der Waals surface area (Å²) in [6, 6.07) is 1.59. The summed E-state index contributed by atoms with van der Waals surface area (Å²) in [4.78, 5) is 7.86. The Balaban J connectivity index is 1.76. The maximum Gasteiger partial charge on any atom is 0.0459 e. The Bertz CT molecular complexity index is 321. The van der Waals surface area contributed by atoms with Crippen molar-refractivity contribution < 1.29 is 0 Å². The van der Waals surface area contributed by atoms with Gasteiger partial charge in [0.05, 0.1) is 0 Å². The number of likely N-dealkylation sites (tertiary alicyclic amines) is 2. The third kappa shape index (κ3) is 2.44. The van der Waals surface area contributed by atoms with Crippen molar-refractivity contribution in [3.63, 3.8) is 0 Å². The molecule has 2 N–H and O–H groups in total. The van der Waals surface area contributed by atoms with E-state index in [0.29, 0.717) is 0 Å². The summed E-state index contributed by atoms with van der Waals surface area (Å²) in [7, 11) is 4.58. The van der Waals surface area contributed by atoms with E-state index in [0.717, 1.165) is 25.2 Å². The standard InChI is InChI=1S/C15H30N4/c1-17-8-3-7-15(11-16,12-17)19-9-6-13-4-5-14(10-19)18(13)2/h13-14H,3-12,16H2,1-2H3. The van der Waals surface area contributed by atoms with Crippen molar-refractivity contribution in [3.8, 4) is 0 Å². The van der Waals surface area contributed by atoms with Crippen molar-refractivity contribution in [2.75, 3.05) is 46.8 Å². The maximum atomic E-state index is 6.23. The molecular formula is C15H30N4. The molecule has 3 aliphatic heterocycles. The molecule has 0 aromatic heterocycles. The minimum Gasteiger partial charge on any atom is -0.329 e. The van der Waals surface area contributed by atoms with Crippen LogP contribution in [0.2, 0.25) is 0 Å². The minimum atomic E-state index is 0.248. The van der Waals surface area contributed by atoms with Crippen LogP contribution in [0.25, 0.3) is 0 Å². The zero-order valence-electron chi connectivity index (χ0n) is 12.6. The van der Waals surface area contributed by atoms with E-state index in [1.165, 1.54) is 51.7 Å². The van der Waals surface area contributed by atoms with Crippen molar-refractivity contribution in [2.45, 2.75) is 49.7 Å². The molecule has 0 spiro atoms. The fourth-order valence-corrected chi connectivity index (χ4v) is 4.63. The van der Waals surface area contributed by atoms with E-state index < -0.39 is 0 Å². The van der Waals surface area contributed by atoms with Crippen LogP contribution in [0.15, 0.2) is 0 Å². The zero-order chi connectivity index (χ0) is 13.5. The summed E-state index contributed by atoms with van der Waals surface area (Å²) < 4.78 is 0. The lowest BCUT2D eigenvalue weighted by atomic mass is 9.86. The van der Waals surface area contributed by atoms with Crippen molar-refractivity contribution in [2.24, 2.45) is 5.73 Å². The normalized spacial score (nSPS) is 42.5. The van der Waals surface area contributed by atoms with Crippen LogP contribution >= 0.6 is 0 Å². The smallest absolute Gasteiger partial charge is 0.0459 e. The number of nitrogens with zero attached hydrogens (tertiary/aromatic N) is 3. The second kappa shape index (κ2) is 5.32. The molecule has 3 heterocycles. The van der Waals surface area contributed by atoms with E-state index in [1.807, 2.05) is 0 Å². The Hall–Kier alpha value is -0.160. The SMILES string of the molecule is CN1CCCC(CN)(N2CCC3CCC(C2)N3C)C1. The average molecular weight is 266 g/mol. The van der Waals surface area contributed by atoms with Gasteiger partial charge < -0.3 is 10.6 Å². The van der Waals surface area contributed by atoms with E-state index in [4.69, 9.17) is 5.73 Å². The first kappa shape index (κ1) is 13.8. The number of fused-ring (bicyclic) bond motifs is 2. The molecule has 3 rings (SSSR count). The fourth-order valence-electron chi connectivity index (χ4n) is 4.63. The number of rotatable bonds is 2. The third-order valence-electron chi connectivity index (χ3n) is 5.95. The number of likely N-dealkylation sites (N-methyl/N-ethyl adjacent to an activating group) is 2. The molecule has 4 heteroatoms. The summed E-state index contributed by atoms with van der Waals surface area (Å²) in [5.41, 5.74) is 6.48. The highest BCUT2D eigenvalue weighted by Crippen LogP contribution is 2.34. The maximum absolute atomic E-state index is 6.23. The first-order valence-corrected chi connectivity index (χ1v) is 8.00. The lowest BCUT2D eigenvalue weighted by molar-refractivity contribution is 0.0201. The van der Waals surface area contributed by atoms with Gasteiger partial charge in [0.2, 0.25) is 0 Å². The molecule has 19 heavy (non-hydrogen) atoms. The highest BCUT2D eigenvalue weighted by Gasteiger charge is 2.43. The van der Waals surface area contributed by atoms with Gasteiger partial charge in [-0.25, -0.2) is 0 Å². The monoisotopic (exact) mass is 266 g/mol. The van der Waals surface area contributed by atoms with Crippen LogP contribution < -0.4 is 5.73 Å². The molecule has 0 aliphatic carbocycles. The largest absolute Gasteiger partial charge is 0.329 e. The van der Waals surface area contributed by atoms with Crippen LogP contribution in [0.3, 0.4) is 0 Å². The Kier molecular flexibility index (Phi) is 3.87. The lowest BCUT2D eigenvalue weighted by Gasteiger charge is -2.49. The zero-order valence-corrected chi connectivity index (χ0v) is 12.6. The van der Waals surface area contributed by atoms with Crippen LogP contribution in [0, 0.1) is 0 Å². The summed E-state index contributed by atoms with van der Waals surface area (Å²) >= 11 is 0. The van der Waals surface area contributed by atoms with Crippen LogP contribution in [-0.4, -0.2) is 79.1 Å². The highest BCUT2D eigenvalue weighted by molar-refractivity contribution is 5.01. The van der Waals surface area contributed by atoms with E-state index in [-0.39, 0.29) is 5.54 Å². The molecule has 0 saturated carbocycles. The molecular weight excluding hydrogens is 236 g/mol. The van der Waals surface area contributed by atoms with Gasteiger partial charge in [-0.3, -0.25) is 9.80 Å². The quantitative estimate of drug-likeness (QED) is 0.793. The Morgan fingerprint density at radius 2 is 1.89 bits per heavy atom. The van der Waals surface area contributed by atoms with E-state index in [1.54, 1.807) is 0 Å². The van der Waals surface area contributed by atoms with Crippen molar-refractivity contribution >= 4 is 0 Å². The third-order valence-corrected chi connectivity index (χ3v) is 5.95. The van der Waals surface area contributed by atoms with Gasteiger partial charge in [-0.2, -0.15) is 0 Å². The highest BCUT2D eigenvalue weighted by atomic mass is 15.3. The van der Waals surface area contributed by atoms with E-state index >= 15 is 0 Å². The van der Waals surface area contributed by atoms with Gasteiger partial charge in [0.25, 0.3) is 0 Å². The van der Waals surface area contributed by atoms with Gasteiger partial charge in [0.15, 0.2) is 0 Å². The molecule has 3 saturated heterocycles. The van der Waals surface area contributed by atoms with Crippen molar-refractivity contribution in [1.29, 1.82) is 0 Å². The van der Waals surface area contributed by atoms with Crippen LogP contribution in [0.5, 0.6) is 0 Å². The molecule has 3 aliphatic rings. The predicted molar refractivity (Wildman–Crippen MR) is 79.3 cm³/mol. The predicted octanol–water partition coefficient (Wildman–Crippen LogP) is 0.578. The summed E-state index contributed by atoms with van der Waals surface area (Å²) in [6.45, 7) is 5.69. The van der Waals surface area contributed by atoms with Crippen LogP contribution in [-0.2, 0) is 0 Å². The minimum absolute atomic E-state index is 0.248. The summed E-state index contributed by atoms with van der Waals surface area (Å²) in [5.74, 6) is 0. The molecule has 3 atom stereocenters. The second-order valence-electron chi connectivity index (χ2n) is 7.05. The first-order chi connectivity index (χ1) is 9.14. The van der Waals surface area contributed by atoms with Gasteiger partial charge in [-0.05, 0) is 52.7 Å². The molecule has 110 valence electrons.